The number of carbonyl (C=O) groups is 1. The molecule has 5 nitrogen and oxygen atoms in total. The fourth-order valence-electron chi connectivity index (χ4n) is 2.81. The Hall–Kier alpha value is -1.24. The molecule has 0 radical (unpaired) electrons. The van der Waals surface area contributed by atoms with E-state index in [-0.39, 0.29) is 29.1 Å². The highest BCUT2D eigenvalue weighted by Gasteiger charge is 2.28. The summed E-state index contributed by atoms with van der Waals surface area (Å²) in [6.45, 7) is 1.84. The topological polar surface area (TPSA) is 83.5 Å². The lowest BCUT2D eigenvalue weighted by Gasteiger charge is -2.18. The second-order valence-corrected chi connectivity index (χ2v) is 7.34. The third-order valence-corrected chi connectivity index (χ3v) is 5.56. The van der Waals surface area contributed by atoms with Crippen molar-refractivity contribution in [2.75, 3.05) is 13.2 Å². The van der Waals surface area contributed by atoms with E-state index in [9.17, 15) is 18.3 Å². The maximum atomic E-state index is 12.3. The molecule has 2 atom stereocenters. The van der Waals surface area contributed by atoms with Crippen molar-refractivity contribution in [1.82, 2.24) is 4.72 Å². The summed E-state index contributed by atoms with van der Waals surface area (Å²) in [5, 5.41) is 9.27. The summed E-state index contributed by atoms with van der Waals surface area (Å²) in [4.78, 5) is 11.4. The number of Topliss-reactive ketones (excluding diaryl/α,β-unsaturated/α-hetero) is 1. The van der Waals surface area contributed by atoms with E-state index in [0.29, 0.717) is 12.1 Å². The number of hydrogen-bond donors (Lipinski definition) is 2. The van der Waals surface area contributed by atoms with Crippen LogP contribution in [0.5, 0.6) is 0 Å². The van der Waals surface area contributed by atoms with E-state index in [0.717, 1.165) is 19.3 Å². The van der Waals surface area contributed by atoms with Crippen molar-refractivity contribution in [3.05, 3.63) is 29.8 Å². The second kappa shape index (κ2) is 6.68. The van der Waals surface area contributed by atoms with Crippen LogP contribution in [-0.4, -0.2) is 32.5 Å². The molecule has 0 heterocycles. The van der Waals surface area contributed by atoms with Crippen LogP contribution in [0.3, 0.4) is 0 Å². The molecule has 1 saturated carbocycles. The van der Waals surface area contributed by atoms with Gasteiger partial charge in [-0.15, -0.1) is 0 Å². The highest BCUT2D eigenvalue weighted by atomic mass is 32.2. The molecule has 0 bridgehead atoms. The van der Waals surface area contributed by atoms with Gasteiger partial charge in [0, 0.05) is 18.7 Å². The minimum absolute atomic E-state index is 0.103. The summed E-state index contributed by atoms with van der Waals surface area (Å²) in [5.41, 5.74) is 0.381. The van der Waals surface area contributed by atoms with Crippen LogP contribution in [-0.2, 0) is 10.0 Å². The zero-order valence-corrected chi connectivity index (χ0v) is 12.9. The summed E-state index contributed by atoms with van der Waals surface area (Å²) in [6, 6.07) is 6.04. The molecule has 2 N–H and O–H groups in total. The molecule has 0 saturated heterocycles. The van der Waals surface area contributed by atoms with Crippen molar-refractivity contribution in [3.63, 3.8) is 0 Å². The number of sulfonamides is 1. The Morgan fingerprint density at radius 3 is 2.71 bits per heavy atom. The highest BCUT2D eigenvalue weighted by Crippen LogP contribution is 2.31. The van der Waals surface area contributed by atoms with Gasteiger partial charge < -0.3 is 5.11 Å². The molecule has 2 rings (SSSR count). The first-order valence-electron chi connectivity index (χ1n) is 7.15. The number of benzene rings is 1. The average molecular weight is 311 g/mol. The predicted octanol–water partition coefficient (Wildman–Crippen LogP) is 1.58. The number of ketones is 1. The summed E-state index contributed by atoms with van der Waals surface area (Å²) < 4.78 is 27.1. The normalized spacial score (nSPS) is 22.4. The zero-order chi connectivity index (χ0) is 15.5. The first-order chi connectivity index (χ1) is 9.94. The Bertz CT molecular complexity index is 612. The standard InChI is InChI=1S/C15H21NO4S/c1-11(18)12-4-3-7-15(8-12)21(19,20)16-9-13-5-2-6-14(13)10-17/h3-4,7-8,13-14,16-17H,2,5-6,9-10H2,1H3. The minimum Gasteiger partial charge on any atom is -0.396 e. The van der Waals surface area contributed by atoms with Gasteiger partial charge in [-0.25, -0.2) is 13.1 Å². The lowest BCUT2D eigenvalue weighted by Crippen LogP contribution is -2.31. The van der Waals surface area contributed by atoms with Crippen molar-refractivity contribution in [3.8, 4) is 0 Å². The van der Waals surface area contributed by atoms with Gasteiger partial charge in [-0.3, -0.25) is 4.79 Å². The molecule has 0 spiro atoms. The molecule has 1 fully saturated rings. The monoisotopic (exact) mass is 311 g/mol. The van der Waals surface area contributed by atoms with E-state index in [4.69, 9.17) is 0 Å². The maximum Gasteiger partial charge on any atom is 0.240 e. The number of carbonyl (C=O) groups excluding carboxylic acids is 1. The number of aliphatic hydroxyl groups is 1. The summed E-state index contributed by atoms with van der Waals surface area (Å²) in [5.74, 6) is 0.195. The van der Waals surface area contributed by atoms with Crippen LogP contribution >= 0.6 is 0 Å². The zero-order valence-electron chi connectivity index (χ0n) is 12.1. The lowest BCUT2D eigenvalue weighted by molar-refractivity contribution is 0.101. The SMILES string of the molecule is CC(=O)c1cccc(S(=O)(=O)NCC2CCCC2CO)c1. The molecular weight excluding hydrogens is 290 g/mol. The van der Waals surface area contributed by atoms with Gasteiger partial charge in [-0.2, -0.15) is 0 Å². The van der Waals surface area contributed by atoms with E-state index in [1.807, 2.05) is 0 Å². The summed E-state index contributed by atoms with van der Waals surface area (Å²) in [6.07, 6.45) is 2.90. The fourth-order valence-corrected chi connectivity index (χ4v) is 3.95. The summed E-state index contributed by atoms with van der Waals surface area (Å²) >= 11 is 0. The Kier molecular flexibility index (Phi) is 5.13. The Morgan fingerprint density at radius 1 is 1.33 bits per heavy atom. The van der Waals surface area contributed by atoms with Gasteiger partial charge in [-0.1, -0.05) is 18.6 Å². The van der Waals surface area contributed by atoms with E-state index >= 15 is 0 Å². The molecule has 1 aromatic rings. The average Bonchev–Trinajstić information content (AvgIpc) is 2.93. The van der Waals surface area contributed by atoms with Crippen molar-refractivity contribution in [2.45, 2.75) is 31.1 Å². The number of rotatable bonds is 6. The van der Waals surface area contributed by atoms with E-state index in [2.05, 4.69) is 4.72 Å². The van der Waals surface area contributed by atoms with Gasteiger partial charge in [0.15, 0.2) is 5.78 Å². The van der Waals surface area contributed by atoms with Crippen LogP contribution in [0.4, 0.5) is 0 Å². The van der Waals surface area contributed by atoms with Gasteiger partial charge in [0.2, 0.25) is 10.0 Å². The minimum atomic E-state index is -3.62. The maximum absolute atomic E-state index is 12.3. The van der Waals surface area contributed by atoms with Gasteiger partial charge in [0.1, 0.15) is 0 Å². The molecule has 1 aromatic carbocycles. The van der Waals surface area contributed by atoms with E-state index in [1.165, 1.54) is 19.1 Å². The molecule has 2 unspecified atom stereocenters. The predicted molar refractivity (Wildman–Crippen MR) is 79.6 cm³/mol. The molecule has 21 heavy (non-hydrogen) atoms. The first kappa shape index (κ1) is 16.1. The van der Waals surface area contributed by atoms with Gasteiger partial charge in [-0.05, 0) is 43.7 Å². The summed E-state index contributed by atoms with van der Waals surface area (Å²) in [7, 11) is -3.62. The van der Waals surface area contributed by atoms with Crippen LogP contribution in [0.1, 0.15) is 36.5 Å². The van der Waals surface area contributed by atoms with Crippen LogP contribution in [0.2, 0.25) is 0 Å². The molecule has 1 aliphatic carbocycles. The van der Waals surface area contributed by atoms with Crippen molar-refractivity contribution in [1.29, 1.82) is 0 Å². The van der Waals surface area contributed by atoms with Crippen molar-refractivity contribution >= 4 is 15.8 Å². The third-order valence-electron chi connectivity index (χ3n) is 4.14. The molecule has 6 heteroatoms. The van der Waals surface area contributed by atoms with Crippen LogP contribution in [0.25, 0.3) is 0 Å². The molecule has 0 aliphatic heterocycles. The van der Waals surface area contributed by atoms with Crippen molar-refractivity contribution in [2.24, 2.45) is 11.8 Å². The van der Waals surface area contributed by atoms with Crippen LogP contribution in [0, 0.1) is 11.8 Å². The fraction of sp³-hybridized carbons (Fsp3) is 0.533. The smallest absolute Gasteiger partial charge is 0.240 e. The highest BCUT2D eigenvalue weighted by molar-refractivity contribution is 7.89. The molecule has 0 aromatic heterocycles. The first-order valence-corrected chi connectivity index (χ1v) is 8.64. The van der Waals surface area contributed by atoms with E-state index < -0.39 is 10.0 Å². The number of aliphatic hydroxyl groups excluding tert-OH is 1. The molecular formula is C15H21NO4S. The van der Waals surface area contributed by atoms with Gasteiger partial charge in [0.05, 0.1) is 4.90 Å². The lowest BCUT2D eigenvalue weighted by atomic mass is 9.97. The Morgan fingerprint density at radius 2 is 2.05 bits per heavy atom. The quantitative estimate of drug-likeness (QED) is 0.781. The Balaban J connectivity index is 2.08. The largest absolute Gasteiger partial charge is 0.396 e. The molecule has 1 aliphatic rings. The van der Waals surface area contributed by atoms with Crippen LogP contribution in [0.15, 0.2) is 29.2 Å². The molecule has 0 amide bonds. The number of hydrogen-bond acceptors (Lipinski definition) is 4. The van der Waals surface area contributed by atoms with E-state index in [1.54, 1.807) is 12.1 Å². The Labute approximate surface area is 125 Å². The van der Waals surface area contributed by atoms with Gasteiger partial charge in [0.25, 0.3) is 0 Å². The third kappa shape index (κ3) is 3.90. The van der Waals surface area contributed by atoms with Crippen LogP contribution < -0.4 is 4.72 Å². The molecule has 116 valence electrons. The van der Waals surface area contributed by atoms with Gasteiger partial charge >= 0.3 is 0 Å². The number of nitrogens with one attached hydrogen (secondary N) is 1. The van der Waals surface area contributed by atoms with Crippen molar-refractivity contribution < 1.29 is 18.3 Å². The second-order valence-electron chi connectivity index (χ2n) is 5.57.